The molecule has 2 heterocycles. The lowest BCUT2D eigenvalue weighted by Gasteiger charge is -2.15. The molecule has 0 saturated heterocycles. The summed E-state index contributed by atoms with van der Waals surface area (Å²) in [6.07, 6.45) is 3.11. The molecule has 86 valence electrons. The van der Waals surface area contributed by atoms with Crippen LogP contribution in [-0.4, -0.2) is 11.5 Å². The average Bonchev–Trinajstić information content (AvgIpc) is 2.91. The molecule has 16 heavy (non-hydrogen) atoms. The number of rotatable bonds is 5. The summed E-state index contributed by atoms with van der Waals surface area (Å²) in [5, 5.41) is 5.82. The van der Waals surface area contributed by atoms with Crippen molar-refractivity contribution in [1.82, 2.24) is 10.3 Å². The lowest BCUT2D eigenvalue weighted by atomic mass is 10.1. The van der Waals surface area contributed by atoms with Gasteiger partial charge in [-0.3, -0.25) is 4.98 Å². The van der Waals surface area contributed by atoms with Crippen LogP contribution in [0.25, 0.3) is 0 Å². The highest BCUT2D eigenvalue weighted by molar-refractivity contribution is 7.10. The standard InChI is InChI=1S/C12H16N2S2/c1-3-4-14-12(11-6-13-8-16-11)10-5-9(2)15-7-10/h5-8,12,14H,3-4H2,1-2H3. The van der Waals surface area contributed by atoms with Gasteiger partial charge in [-0.1, -0.05) is 6.92 Å². The van der Waals surface area contributed by atoms with Crippen molar-refractivity contribution in [2.75, 3.05) is 6.54 Å². The van der Waals surface area contributed by atoms with Crippen molar-refractivity contribution in [2.45, 2.75) is 26.3 Å². The van der Waals surface area contributed by atoms with Crippen molar-refractivity contribution in [3.8, 4) is 0 Å². The molecule has 0 spiro atoms. The van der Waals surface area contributed by atoms with E-state index in [0.29, 0.717) is 6.04 Å². The molecule has 0 fully saturated rings. The van der Waals surface area contributed by atoms with Gasteiger partial charge in [-0.05, 0) is 36.9 Å². The zero-order valence-corrected chi connectivity index (χ0v) is 11.2. The molecule has 2 nitrogen and oxygen atoms in total. The fraction of sp³-hybridized carbons (Fsp3) is 0.417. The predicted molar refractivity (Wildman–Crippen MR) is 71.3 cm³/mol. The molecule has 2 aromatic heterocycles. The van der Waals surface area contributed by atoms with Crippen LogP contribution >= 0.6 is 22.7 Å². The summed E-state index contributed by atoms with van der Waals surface area (Å²) in [6.45, 7) is 5.38. The van der Waals surface area contributed by atoms with E-state index in [2.05, 4.69) is 35.6 Å². The zero-order valence-electron chi connectivity index (χ0n) is 9.56. The van der Waals surface area contributed by atoms with Crippen molar-refractivity contribution in [2.24, 2.45) is 0 Å². The SMILES string of the molecule is CCCNC(c1csc(C)c1)c1cncs1. The summed E-state index contributed by atoms with van der Waals surface area (Å²) < 4.78 is 0. The summed E-state index contributed by atoms with van der Waals surface area (Å²) in [6, 6.07) is 2.58. The topological polar surface area (TPSA) is 24.9 Å². The van der Waals surface area contributed by atoms with E-state index in [4.69, 9.17) is 0 Å². The summed E-state index contributed by atoms with van der Waals surface area (Å²) in [5.41, 5.74) is 3.26. The molecule has 0 saturated carbocycles. The van der Waals surface area contributed by atoms with Gasteiger partial charge >= 0.3 is 0 Å². The minimum absolute atomic E-state index is 0.317. The maximum absolute atomic E-state index is 4.17. The van der Waals surface area contributed by atoms with E-state index in [1.807, 2.05) is 23.0 Å². The molecule has 0 radical (unpaired) electrons. The molecule has 4 heteroatoms. The van der Waals surface area contributed by atoms with Gasteiger partial charge in [-0.15, -0.1) is 22.7 Å². The molecule has 2 rings (SSSR count). The van der Waals surface area contributed by atoms with E-state index >= 15 is 0 Å². The normalized spacial score (nSPS) is 12.9. The average molecular weight is 252 g/mol. The molecule has 0 bridgehead atoms. The fourth-order valence-electron chi connectivity index (χ4n) is 1.65. The van der Waals surface area contributed by atoms with Gasteiger partial charge in [0.05, 0.1) is 11.6 Å². The molecule has 0 aliphatic rings. The van der Waals surface area contributed by atoms with E-state index in [9.17, 15) is 0 Å². The van der Waals surface area contributed by atoms with Crippen LogP contribution in [0.4, 0.5) is 0 Å². The molecule has 2 aromatic rings. The maximum atomic E-state index is 4.17. The second-order valence-electron chi connectivity index (χ2n) is 3.78. The second kappa shape index (κ2) is 5.57. The highest BCUT2D eigenvalue weighted by Crippen LogP contribution is 2.28. The number of thiazole rings is 1. The molecule has 1 atom stereocenters. The molecule has 0 aromatic carbocycles. The molecule has 0 aliphatic carbocycles. The Morgan fingerprint density at radius 3 is 2.88 bits per heavy atom. The Balaban J connectivity index is 2.21. The van der Waals surface area contributed by atoms with Gasteiger partial charge in [0.15, 0.2) is 0 Å². The number of thiophene rings is 1. The Hall–Kier alpha value is -0.710. The fourth-order valence-corrected chi connectivity index (χ4v) is 3.11. The van der Waals surface area contributed by atoms with E-state index in [1.165, 1.54) is 15.3 Å². The molecular formula is C12H16N2S2. The van der Waals surface area contributed by atoms with E-state index in [-0.39, 0.29) is 0 Å². The number of nitrogens with one attached hydrogen (secondary N) is 1. The molecule has 0 aliphatic heterocycles. The highest BCUT2D eigenvalue weighted by Gasteiger charge is 2.15. The Morgan fingerprint density at radius 1 is 1.44 bits per heavy atom. The van der Waals surface area contributed by atoms with Gasteiger partial charge < -0.3 is 5.32 Å². The van der Waals surface area contributed by atoms with E-state index in [0.717, 1.165) is 13.0 Å². The number of hydrogen-bond acceptors (Lipinski definition) is 4. The molecular weight excluding hydrogens is 236 g/mol. The third kappa shape index (κ3) is 2.70. The Bertz CT molecular complexity index is 420. The summed E-state index contributed by atoms with van der Waals surface area (Å²) in [4.78, 5) is 6.83. The number of nitrogens with zero attached hydrogens (tertiary/aromatic N) is 1. The first-order chi connectivity index (χ1) is 7.81. The number of aryl methyl sites for hydroxylation is 1. The van der Waals surface area contributed by atoms with Gasteiger partial charge in [0.25, 0.3) is 0 Å². The maximum Gasteiger partial charge on any atom is 0.0794 e. The Kier molecular flexibility index (Phi) is 4.09. The van der Waals surface area contributed by atoms with Crippen molar-refractivity contribution >= 4 is 22.7 Å². The van der Waals surface area contributed by atoms with Crippen LogP contribution < -0.4 is 5.32 Å². The van der Waals surface area contributed by atoms with Crippen LogP contribution in [0.15, 0.2) is 23.2 Å². The largest absolute Gasteiger partial charge is 0.306 e. The smallest absolute Gasteiger partial charge is 0.0794 e. The Morgan fingerprint density at radius 2 is 2.31 bits per heavy atom. The Labute approximate surface area is 104 Å². The highest BCUT2D eigenvalue weighted by atomic mass is 32.1. The van der Waals surface area contributed by atoms with Gasteiger partial charge in [-0.25, -0.2) is 0 Å². The van der Waals surface area contributed by atoms with Crippen LogP contribution in [0.2, 0.25) is 0 Å². The number of hydrogen-bond donors (Lipinski definition) is 1. The van der Waals surface area contributed by atoms with E-state index in [1.54, 1.807) is 11.3 Å². The predicted octanol–water partition coefficient (Wildman–Crippen LogP) is 3.60. The van der Waals surface area contributed by atoms with Gasteiger partial charge in [0.1, 0.15) is 0 Å². The van der Waals surface area contributed by atoms with Crippen LogP contribution in [0.3, 0.4) is 0 Å². The minimum Gasteiger partial charge on any atom is -0.306 e. The summed E-state index contributed by atoms with van der Waals surface area (Å²) >= 11 is 3.52. The lowest BCUT2D eigenvalue weighted by Crippen LogP contribution is -2.21. The molecule has 1 N–H and O–H groups in total. The van der Waals surface area contributed by atoms with Crippen molar-refractivity contribution < 1.29 is 0 Å². The minimum atomic E-state index is 0.317. The van der Waals surface area contributed by atoms with E-state index < -0.39 is 0 Å². The number of aromatic nitrogens is 1. The first-order valence-corrected chi connectivity index (χ1v) is 7.24. The quantitative estimate of drug-likeness (QED) is 0.879. The third-order valence-corrected chi connectivity index (χ3v) is 4.14. The summed E-state index contributed by atoms with van der Waals surface area (Å²) in [7, 11) is 0. The van der Waals surface area contributed by atoms with Crippen molar-refractivity contribution in [3.63, 3.8) is 0 Å². The van der Waals surface area contributed by atoms with Crippen molar-refractivity contribution in [3.05, 3.63) is 38.5 Å². The van der Waals surface area contributed by atoms with Gasteiger partial charge in [-0.2, -0.15) is 0 Å². The third-order valence-electron chi connectivity index (χ3n) is 2.42. The van der Waals surface area contributed by atoms with Crippen LogP contribution in [0.1, 0.15) is 34.7 Å². The van der Waals surface area contributed by atoms with Crippen LogP contribution in [0.5, 0.6) is 0 Å². The molecule has 0 amide bonds. The molecule has 1 unspecified atom stereocenters. The van der Waals surface area contributed by atoms with Crippen LogP contribution in [-0.2, 0) is 0 Å². The zero-order chi connectivity index (χ0) is 11.4. The van der Waals surface area contributed by atoms with Crippen LogP contribution in [0, 0.1) is 6.92 Å². The second-order valence-corrected chi connectivity index (χ2v) is 5.81. The van der Waals surface area contributed by atoms with Gasteiger partial charge in [0.2, 0.25) is 0 Å². The lowest BCUT2D eigenvalue weighted by molar-refractivity contribution is 0.606. The first-order valence-electron chi connectivity index (χ1n) is 5.48. The monoisotopic (exact) mass is 252 g/mol. The first kappa shape index (κ1) is 11.8. The summed E-state index contributed by atoms with van der Waals surface area (Å²) in [5.74, 6) is 0. The van der Waals surface area contributed by atoms with Crippen molar-refractivity contribution in [1.29, 1.82) is 0 Å². The van der Waals surface area contributed by atoms with Gasteiger partial charge in [0, 0.05) is 16.0 Å².